The molecule has 4 heterocycles. The van der Waals surface area contributed by atoms with Gasteiger partial charge in [-0.25, -0.2) is 14.4 Å². The second-order valence-corrected chi connectivity index (χ2v) is 13.2. The Labute approximate surface area is 306 Å². The van der Waals surface area contributed by atoms with E-state index in [-0.39, 0.29) is 12.5 Å². The summed E-state index contributed by atoms with van der Waals surface area (Å²) in [5.41, 5.74) is 3.08. The summed E-state index contributed by atoms with van der Waals surface area (Å²) < 4.78 is 42.2. The molecule has 53 heavy (non-hydrogen) atoms. The molecule has 0 radical (unpaired) electrons. The maximum Gasteiger partial charge on any atom is 0.259 e. The molecule has 0 saturated carbocycles. The third kappa shape index (κ3) is 6.10. The van der Waals surface area contributed by atoms with E-state index in [1.807, 2.05) is 103 Å². The number of methoxy groups -OCH3 is 2. The van der Waals surface area contributed by atoms with Gasteiger partial charge in [-0.2, -0.15) is 0 Å². The number of anilines is 1. The van der Waals surface area contributed by atoms with Crippen LogP contribution in [-0.4, -0.2) is 71.3 Å². The summed E-state index contributed by atoms with van der Waals surface area (Å²) in [6.07, 6.45) is -1.05. The molecule has 0 bridgehead atoms. The number of aromatic nitrogens is 3. The Balaban J connectivity index is 1.14. The smallest absolute Gasteiger partial charge is 0.259 e. The van der Waals surface area contributed by atoms with Crippen LogP contribution in [0.25, 0.3) is 11.0 Å². The van der Waals surface area contributed by atoms with Crippen LogP contribution < -0.4 is 14.4 Å². The maximum absolute atomic E-state index is 16.3. The minimum atomic E-state index is -1.80. The zero-order valence-electron chi connectivity index (χ0n) is 29.3. The predicted molar refractivity (Wildman–Crippen MR) is 197 cm³/mol. The third-order valence-electron chi connectivity index (χ3n) is 10.2. The highest BCUT2D eigenvalue weighted by Crippen LogP contribution is 2.44. The van der Waals surface area contributed by atoms with Crippen molar-refractivity contribution in [3.63, 3.8) is 0 Å². The Bertz CT molecular complexity index is 2150. The number of carbonyl (C=O) groups excluding carboxylic acids is 1. The van der Waals surface area contributed by atoms with Crippen molar-refractivity contribution >= 4 is 22.8 Å². The summed E-state index contributed by atoms with van der Waals surface area (Å²) in [6, 6.07) is 34.0. The van der Waals surface area contributed by atoms with E-state index in [1.54, 1.807) is 35.8 Å². The molecule has 0 unspecified atom stereocenters. The van der Waals surface area contributed by atoms with Gasteiger partial charge in [0.2, 0.25) is 0 Å². The highest BCUT2D eigenvalue weighted by atomic mass is 19.1. The predicted octanol–water partition coefficient (Wildman–Crippen LogP) is 6.65. The SMILES string of the molecule is COc1ccc(C(OC[C@H]2O[C@@H](n3cc4c5c(ncnc53)N(C(=O)c3ccccc3)CCC4)[C@H](F)[C@@H]2O)(c2ccccc2)c2ccc(OC)cc2)cc1. The highest BCUT2D eigenvalue weighted by Gasteiger charge is 2.48. The van der Waals surface area contributed by atoms with Gasteiger partial charge < -0.3 is 28.6 Å². The van der Waals surface area contributed by atoms with Gasteiger partial charge in [0.1, 0.15) is 47.1 Å². The number of hydrogen-bond acceptors (Lipinski definition) is 8. The first-order valence-corrected chi connectivity index (χ1v) is 17.6. The van der Waals surface area contributed by atoms with E-state index in [2.05, 4.69) is 9.97 Å². The second kappa shape index (κ2) is 14.4. The molecule has 4 aromatic carbocycles. The number of nitrogens with zero attached hydrogens (tertiary/aromatic N) is 4. The van der Waals surface area contributed by atoms with E-state index in [1.165, 1.54) is 6.33 Å². The first kappa shape index (κ1) is 34.5. The van der Waals surface area contributed by atoms with Crippen LogP contribution in [0.2, 0.25) is 0 Å². The van der Waals surface area contributed by atoms with Gasteiger partial charge in [0.05, 0.1) is 26.2 Å². The van der Waals surface area contributed by atoms with Crippen molar-refractivity contribution < 1.29 is 33.2 Å². The van der Waals surface area contributed by atoms with Crippen molar-refractivity contribution in [3.8, 4) is 11.5 Å². The number of benzene rings is 4. The van der Waals surface area contributed by atoms with Crippen molar-refractivity contribution in [2.24, 2.45) is 0 Å². The zero-order chi connectivity index (χ0) is 36.5. The van der Waals surface area contributed by atoms with Gasteiger partial charge in [0, 0.05) is 18.3 Å². The van der Waals surface area contributed by atoms with Gasteiger partial charge in [-0.05, 0) is 71.5 Å². The van der Waals surface area contributed by atoms with Gasteiger partial charge in [0.25, 0.3) is 5.91 Å². The van der Waals surface area contributed by atoms with Gasteiger partial charge in [-0.3, -0.25) is 9.69 Å². The summed E-state index contributed by atoms with van der Waals surface area (Å²) in [6.45, 7) is 0.320. The molecule has 1 amide bonds. The summed E-state index contributed by atoms with van der Waals surface area (Å²) >= 11 is 0. The molecular weight excluding hydrogens is 675 g/mol. The van der Waals surface area contributed by atoms with Crippen LogP contribution in [0.1, 0.15) is 45.3 Å². The highest BCUT2D eigenvalue weighted by molar-refractivity contribution is 6.10. The Hall–Kier alpha value is -5.62. The molecule has 6 aromatic rings. The molecule has 0 spiro atoms. The lowest BCUT2D eigenvalue weighted by atomic mass is 9.80. The fourth-order valence-corrected chi connectivity index (χ4v) is 7.55. The van der Waals surface area contributed by atoms with E-state index in [9.17, 15) is 9.90 Å². The lowest BCUT2D eigenvalue weighted by Crippen LogP contribution is -2.39. The van der Waals surface area contributed by atoms with Crippen LogP contribution in [0.15, 0.2) is 122 Å². The summed E-state index contributed by atoms with van der Waals surface area (Å²) in [5, 5.41) is 12.1. The standard InChI is InChI=1S/C42H39FN4O6/c1-50-32-19-15-30(16-20-32)42(29-13-7-4-8-14-29,31-17-21-33(51-2)22-18-31)52-25-34-37(48)36(43)41(53-34)47-24-28-12-9-23-46(38-35(28)39(47)45-26-44-38)40(49)27-10-5-3-6-11-27/h3-8,10-11,13-22,24,26,34,36-37,41,48H,9,12,23,25H2,1-2H3/t34-,36-,37-,41-/m1/s1. The average Bonchev–Trinajstić information content (AvgIpc) is 3.65. The topological polar surface area (TPSA) is 108 Å². The molecule has 0 aliphatic carbocycles. The second-order valence-electron chi connectivity index (χ2n) is 13.2. The van der Waals surface area contributed by atoms with Crippen LogP contribution in [-0.2, 0) is 21.5 Å². The average molecular weight is 715 g/mol. The summed E-state index contributed by atoms with van der Waals surface area (Å²) in [5.74, 6) is 1.66. The molecule has 1 N–H and O–H groups in total. The molecule has 270 valence electrons. The monoisotopic (exact) mass is 714 g/mol. The molecule has 11 heteroatoms. The largest absolute Gasteiger partial charge is 0.497 e. The number of ether oxygens (including phenoxy) is 4. The van der Waals surface area contributed by atoms with Crippen molar-refractivity contribution in [3.05, 3.63) is 150 Å². The summed E-state index contributed by atoms with van der Waals surface area (Å²) in [7, 11) is 3.22. The molecule has 10 nitrogen and oxygen atoms in total. The number of rotatable bonds is 10. The van der Waals surface area contributed by atoms with Crippen molar-refractivity contribution in [2.45, 2.75) is 43.1 Å². The first-order valence-electron chi connectivity index (χ1n) is 17.6. The Morgan fingerprint density at radius 1 is 0.868 bits per heavy atom. The molecule has 1 fully saturated rings. The molecule has 2 aliphatic rings. The Morgan fingerprint density at radius 3 is 2.09 bits per heavy atom. The number of aliphatic hydroxyl groups excluding tert-OH is 1. The lowest BCUT2D eigenvalue weighted by Gasteiger charge is -2.37. The third-order valence-corrected chi connectivity index (χ3v) is 10.2. The van der Waals surface area contributed by atoms with Crippen LogP contribution in [0.4, 0.5) is 10.2 Å². The van der Waals surface area contributed by atoms with Crippen LogP contribution >= 0.6 is 0 Å². The van der Waals surface area contributed by atoms with E-state index in [4.69, 9.17) is 18.9 Å². The minimum Gasteiger partial charge on any atom is -0.497 e. The number of alkyl halides is 1. The molecule has 2 aromatic heterocycles. The minimum absolute atomic E-state index is 0.156. The van der Waals surface area contributed by atoms with E-state index in [0.717, 1.165) is 22.3 Å². The van der Waals surface area contributed by atoms with Gasteiger partial charge in [0.15, 0.2) is 12.4 Å². The summed E-state index contributed by atoms with van der Waals surface area (Å²) in [4.78, 5) is 24.4. The van der Waals surface area contributed by atoms with Crippen LogP contribution in [0, 0.1) is 0 Å². The molecule has 4 atom stereocenters. The number of aliphatic hydroxyl groups is 1. The number of carbonyl (C=O) groups is 1. The van der Waals surface area contributed by atoms with E-state index in [0.29, 0.717) is 53.3 Å². The van der Waals surface area contributed by atoms with Gasteiger partial charge in [-0.15, -0.1) is 0 Å². The maximum atomic E-state index is 16.3. The van der Waals surface area contributed by atoms with Crippen LogP contribution in [0.3, 0.4) is 0 Å². The van der Waals surface area contributed by atoms with Crippen LogP contribution in [0.5, 0.6) is 11.5 Å². The lowest BCUT2D eigenvalue weighted by molar-refractivity contribution is -0.0935. The molecule has 2 aliphatic heterocycles. The first-order chi connectivity index (χ1) is 25.9. The van der Waals surface area contributed by atoms with Crippen molar-refractivity contribution in [1.29, 1.82) is 0 Å². The van der Waals surface area contributed by atoms with Gasteiger partial charge in [-0.1, -0.05) is 72.8 Å². The van der Waals surface area contributed by atoms with Crippen molar-refractivity contribution in [2.75, 3.05) is 32.3 Å². The number of hydrogen-bond donors (Lipinski definition) is 1. The molecule has 1 saturated heterocycles. The Kier molecular flexibility index (Phi) is 9.38. The number of aryl methyl sites for hydroxylation is 1. The van der Waals surface area contributed by atoms with Gasteiger partial charge >= 0.3 is 0 Å². The fourth-order valence-electron chi connectivity index (χ4n) is 7.55. The normalized spacial score (nSPS) is 20.0. The fraction of sp³-hybridized carbons (Fsp3) is 0.262. The molecule has 8 rings (SSSR count). The quantitative estimate of drug-likeness (QED) is 0.157. The number of halogens is 1. The van der Waals surface area contributed by atoms with E-state index >= 15 is 4.39 Å². The zero-order valence-corrected chi connectivity index (χ0v) is 29.3. The molecular formula is C42H39FN4O6. The van der Waals surface area contributed by atoms with E-state index < -0.39 is 30.2 Å². The number of amides is 1. The Morgan fingerprint density at radius 2 is 1.47 bits per heavy atom. The van der Waals surface area contributed by atoms with Crippen molar-refractivity contribution in [1.82, 2.24) is 14.5 Å².